The van der Waals surface area contributed by atoms with Gasteiger partial charge in [0.2, 0.25) is 0 Å². The van der Waals surface area contributed by atoms with E-state index >= 15 is 0 Å². The van der Waals surface area contributed by atoms with Gasteiger partial charge in [0.15, 0.2) is 0 Å². The Labute approximate surface area is 128 Å². The molecule has 1 aromatic rings. The van der Waals surface area contributed by atoms with Crippen LogP contribution in [0.1, 0.15) is 51.2 Å². The number of thioether (sulfide) groups is 1. The molecular weight excluding hydrogens is 266 g/mol. The molecule has 0 heterocycles. The maximum absolute atomic E-state index is 10.2. The van der Waals surface area contributed by atoms with Crippen molar-refractivity contribution >= 4 is 11.8 Å². The maximum atomic E-state index is 10.2. The minimum Gasteiger partial charge on any atom is -0.388 e. The van der Waals surface area contributed by atoms with Gasteiger partial charge in [0, 0.05) is 11.4 Å². The fourth-order valence-corrected chi connectivity index (χ4v) is 2.82. The van der Waals surface area contributed by atoms with Gasteiger partial charge in [-0.25, -0.2) is 0 Å². The SMILES string of the molecule is CCCCN(C)CCC(O)c1ccc(SCCC)cc1. The lowest BCUT2D eigenvalue weighted by Crippen LogP contribution is -2.22. The predicted molar refractivity (Wildman–Crippen MR) is 89.4 cm³/mol. The zero-order valence-corrected chi connectivity index (χ0v) is 14.0. The number of unbranched alkanes of at least 4 members (excludes halogenated alkanes) is 1. The minimum atomic E-state index is -0.343. The van der Waals surface area contributed by atoms with Gasteiger partial charge in [0.1, 0.15) is 0 Å². The predicted octanol–water partition coefficient (Wildman–Crippen LogP) is 4.34. The summed E-state index contributed by atoms with van der Waals surface area (Å²) < 4.78 is 0. The molecule has 1 N–H and O–H groups in total. The first-order valence-corrected chi connectivity index (χ1v) is 8.75. The van der Waals surface area contributed by atoms with Crippen molar-refractivity contribution in [2.75, 3.05) is 25.9 Å². The van der Waals surface area contributed by atoms with E-state index in [1.54, 1.807) is 0 Å². The second-order valence-corrected chi connectivity index (χ2v) is 6.55. The molecular formula is C17H29NOS. The molecule has 0 saturated heterocycles. The lowest BCUT2D eigenvalue weighted by Gasteiger charge is -2.18. The van der Waals surface area contributed by atoms with Gasteiger partial charge in [0.05, 0.1) is 6.10 Å². The molecule has 0 amide bonds. The first kappa shape index (κ1) is 17.5. The van der Waals surface area contributed by atoms with Gasteiger partial charge in [-0.3, -0.25) is 0 Å². The Morgan fingerprint density at radius 1 is 1.10 bits per heavy atom. The Balaban J connectivity index is 2.37. The number of hydrogen-bond acceptors (Lipinski definition) is 3. The molecule has 1 atom stereocenters. The van der Waals surface area contributed by atoms with E-state index in [0.29, 0.717) is 0 Å². The molecule has 114 valence electrons. The van der Waals surface area contributed by atoms with Gasteiger partial charge < -0.3 is 10.0 Å². The fraction of sp³-hybridized carbons (Fsp3) is 0.647. The van der Waals surface area contributed by atoms with Gasteiger partial charge >= 0.3 is 0 Å². The van der Waals surface area contributed by atoms with Crippen molar-refractivity contribution in [3.63, 3.8) is 0 Å². The third-order valence-corrected chi connectivity index (χ3v) is 4.63. The van der Waals surface area contributed by atoms with Gasteiger partial charge in [-0.15, -0.1) is 11.8 Å². The molecule has 3 heteroatoms. The van der Waals surface area contributed by atoms with Crippen LogP contribution in [-0.2, 0) is 0 Å². The number of rotatable bonds is 10. The van der Waals surface area contributed by atoms with Crippen LogP contribution in [0.2, 0.25) is 0 Å². The first-order chi connectivity index (χ1) is 9.67. The van der Waals surface area contributed by atoms with E-state index in [9.17, 15) is 5.11 Å². The lowest BCUT2D eigenvalue weighted by atomic mass is 10.1. The maximum Gasteiger partial charge on any atom is 0.0802 e. The Morgan fingerprint density at radius 2 is 1.80 bits per heavy atom. The van der Waals surface area contributed by atoms with Crippen LogP contribution < -0.4 is 0 Å². The largest absolute Gasteiger partial charge is 0.388 e. The van der Waals surface area contributed by atoms with Crippen molar-refractivity contribution in [1.29, 1.82) is 0 Å². The monoisotopic (exact) mass is 295 g/mol. The van der Waals surface area contributed by atoms with E-state index in [1.165, 1.54) is 24.2 Å². The Kier molecular flexibility index (Phi) is 8.99. The standard InChI is InChI=1S/C17H29NOS/c1-4-6-12-18(3)13-11-17(19)15-7-9-16(10-8-15)20-14-5-2/h7-10,17,19H,4-6,11-14H2,1-3H3. The van der Waals surface area contributed by atoms with Gasteiger partial charge in [0.25, 0.3) is 0 Å². The number of nitrogens with zero attached hydrogens (tertiary/aromatic N) is 1. The minimum absolute atomic E-state index is 0.343. The third kappa shape index (κ3) is 6.78. The summed E-state index contributed by atoms with van der Waals surface area (Å²) in [5.41, 5.74) is 1.04. The summed E-state index contributed by atoms with van der Waals surface area (Å²) in [6.07, 6.45) is 4.12. The van der Waals surface area contributed by atoms with Gasteiger partial charge in [-0.05, 0) is 56.3 Å². The molecule has 0 aliphatic heterocycles. The van der Waals surface area contributed by atoms with Crippen LogP contribution in [0.5, 0.6) is 0 Å². The number of benzene rings is 1. The molecule has 0 aliphatic rings. The number of aliphatic hydroxyl groups is 1. The highest BCUT2D eigenvalue weighted by Gasteiger charge is 2.09. The number of aliphatic hydroxyl groups excluding tert-OH is 1. The average molecular weight is 295 g/mol. The molecule has 0 aliphatic carbocycles. The molecule has 1 rings (SSSR count). The van der Waals surface area contributed by atoms with Crippen LogP contribution in [0.4, 0.5) is 0 Å². The van der Waals surface area contributed by atoms with Crippen molar-refractivity contribution < 1.29 is 5.11 Å². The smallest absolute Gasteiger partial charge is 0.0802 e. The summed E-state index contributed by atoms with van der Waals surface area (Å²) in [4.78, 5) is 3.60. The molecule has 1 unspecified atom stereocenters. The van der Waals surface area contributed by atoms with Crippen LogP contribution in [0.15, 0.2) is 29.2 Å². The summed E-state index contributed by atoms with van der Waals surface area (Å²) in [6.45, 7) is 6.48. The second-order valence-electron chi connectivity index (χ2n) is 5.38. The molecule has 0 aromatic heterocycles. The van der Waals surface area contributed by atoms with Gasteiger partial charge in [-0.2, -0.15) is 0 Å². The molecule has 0 spiro atoms. The summed E-state index contributed by atoms with van der Waals surface area (Å²) in [5.74, 6) is 1.16. The van der Waals surface area contributed by atoms with Crippen molar-refractivity contribution in [2.24, 2.45) is 0 Å². The molecule has 0 bridgehead atoms. The molecule has 0 saturated carbocycles. The van der Waals surface area contributed by atoms with Crippen LogP contribution in [0.25, 0.3) is 0 Å². The molecule has 0 fully saturated rings. The van der Waals surface area contributed by atoms with Crippen molar-refractivity contribution in [1.82, 2.24) is 4.90 Å². The Bertz CT molecular complexity index is 353. The van der Waals surface area contributed by atoms with Crippen molar-refractivity contribution in [3.8, 4) is 0 Å². The van der Waals surface area contributed by atoms with E-state index in [1.807, 2.05) is 11.8 Å². The van der Waals surface area contributed by atoms with E-state index in [4.69, 9.17) is 0 Å². The van der Waals surface area contributed by atoms with Crippen LogP contribution in [0.3, 0.4) is 0 Å². The number of hydrogen-bond donors (Lipinski definition) is 1. The Hall–Kier alpha value is -0.510. The molecule has 1 aromatic carbocycles. The van der Waals surface area contributed by atoms with Crippen LogP contribution >= 0.6 is 11.8 Å². The highest BCUT2D eigenvalue weighted by molar-refractivity contribution is 7.99. The van der Waals surface area contributed by atoms with E-state index in [0.717, 1.165) is 30.8 Å². The van der Waals surface area contributed by atoms with E-state index in [2.05, 4.69) is 50.1 Å². The highest BCUT2D eigenvalue weighted by atomic mass is 32.2. The van der Waals surface area contributed by atoms with Crippen LogP contribution in [0, 0.1) is 0 Å². The summed E-state index contributed by atoms with van der Waals surface area (Å²) >= 11 is 1.88. The summed E-state index contributed by atoms with van der Waals surface area (Å²) in [6, 6.07) is 8.38. The van der Waals surface area contributed by atoms with Crippen molar-refractivity contribution in [3.05, 3.63) is 29.8 Å². The van der Waals surface area contributed by atoms with E-state index in [-0.39, 0.29) is 6.10 Å². The van der Waals surface area contributed by atoms with Crippen LogP contribution in [-0.4, -0.2) is 35.9 Å². The van der Waals surface area contributed by atoms with E-state index < -0.39 is 0 Å². The summed E-state index contributed by atoms with van der Waals surface area (Å²) in [5, 5.41) is 10.2. The zero-order chi connectivity index (χ0) is 14.8. The lowest BCUT2D eigenvalue weighted by molar-refractivity contribution is 0.148. The second kappa shape index (κ2) is 10.3. The quantitative estimate of drug-likeness (QED) is 0.649. The topological polar surface area (TPSA) is 23.5 Å². The fourth-order valence-electron chi connectivity index (χ4n) is 2.06. The zero-order valence-electron chi connectivity index (χ0n) is 13.1. The molecule has 2 nitrogen and oxygen atoms in total. The van der Waals surface area contributed by atoms with Crippen molar-refractivity contribution in [2.45, 2.75) is 50.5 Å². The highest BCUT2D eigenvalue weighted by Crippen LogP contribution is 2.23. The molecule has 20 heavy (non-hydrogen) atoms. The summed E-state index contributed by atoms with van der Waals surface area (Å²) in [7, 11) is 2.13. The Morgan fingerprint density at radius 3 is 2.40 bits per heavy atom. The van der Waals surface area contributed by atoms with Gasteiger partial charge in [-0.1, -0.05) is 32.4 Å². The third-order valence-electron chi connectivity index (χ3n) is 3.42. The average Bonchev–Trinajstić information content (AvgIpc) is 2.49. The molecule has 0 radical (unpaired) electrons. The normalized spacial score (nSPS) is 12.8. The first-order valence-electron chi connectivity index (χ1n) is 7.76.